The predicted octanol–water partition coefficient (Wildman–Crippen LogP) is 2.19. The Labute approximate surface area is 59.3 Å². The van der Waals surface area contributed by atoms with Crippen molar-refractivity contribution in [2.24, 2.45) is 0 Å². The van der Waals surface area contributed by atoms with Crippen molar-refractivity contribution in [2.45, 2.75) is 5.03 Å². The van der Waals surface area contributed by atoms with E-state index in [1.807, 2.05) is 5.38 Å². The highest BCUT2D eigenvalue weighted by Gasteiger charge is 1.88. The number of thiazole rings is 1. The van der Waals surface area contributed by atoms with Crippen LogP contribution in [0.15, 0.2) is 14.3 Å². The third-order valence-corrected chi connectivity index (χ3v) is 2.23. The van der Waals surface area contributed by atoms with Gasteiger partial charge in [-0.15, -0.1) is 24.0 Å². The second kappa shape index (κ2) is 2.15. The Morgan fingerprint density at radius 2 is 2.57 bits per heavy atom. The van der Waals surface area contributed by atoms with Crippen LogP contribution < -0.4 is 0 Å². The summed E-state index contributed by atoms with van der Waals surface area (Å²) in [5.74, 6) is 0. The zero-order chi connectivity index (χ0) is 5.28. The number of rotatable bonds is 0. The highest BCUT2D eigenvalue weighted by Crippen LogP contribution is 2.17. The molecule has 7 heavy (non-hydrogen) atoms. The van der Waals surface area contributed by atoms with Crippen LogP contribution in [0.1, 0.15) is 0 Å². The van der Waals surface area contributed by atoms with E-state index in [2.05, 4.69) is 33.5 Å². The van der Waals surface area contributed by atoms with E-state index in [4.69, 9.17) is 0 Å². The molecule has 0 bridgehead atoms. The monoisotopic (exact) mass is 195 g/mol. The summed E-state index contributed by atoms with van der Waals surface area (Å²) in [7, 11) is 0. The molecule has 0 amide bonds. The molecule has 0 aliphatic carbocycles. The molecule has 0 N–H and O–H groups in total. The lowest BCUT2D eigenvalue weighted by molar-refractivity contribution is 1.19. The van der Waals surface area contributed by atoms with Crippen LogP contribution in [-0.2, 0) is 0 Å². The van der Waals surface area contributed by atoms with E-state index in [1.165, 1.54) is 11.3 Å². The number of aromatic nitrogens is 1. The van der Waals surface area contributed by atoms with Crippen LogP contribution in [-0.4, -0.2) is 4.98 Å². The van der Waals surface area contributed by atoms with Gasteiger partial charge in [-0.25, -0.2) is 4.98 Å². The van der Waals surface area contributed by atoms with Gasteiger partial charge in [0, 0.05) is 5.38 Å². The van der Waals surface area contributed by atoms with Crippen molar-refractivity contribution in [3.05, 3.63) is 9.30 Å². The average Bonchev–Trinajstić information content (AvgIpc) is 1.87. The minimum absolute atomic E-state index is 0.775. The molecular formula is C3H2BrNS2. The fourth-order valence-corrected chi connectivity index (χ4v) is 1.58. The molecule has 0 aromatic carbocycles. The first kappa shape index (κ1) is 5.59. The van der Waals surface area contributed by atoms with Crippen molar-refractivity contribution in [2.75, 3.05) is 0 Å². The van der Waals surface area contributed by atoms with Gasteiger partial charge in [0.05, 0.1) is 0 Å². The quantitative estimate of drug-likeness (QED) is 0.627. The molecule has 0 aliphatic heterocycles. The van der Waals surface area contributed by atoms with Gasteiger partial charge >= 0.3 is 0 Å². The minimum Gasteiger partial charge on any atom is -0.223 e. The number of hydrogen-bond donors (Lipinski definition) is 1. The Morgan fingerprint density at radius 1 is 1.86 bits per heavy atom. The van der Waals surface area contributed by atoms with Crippen LogP contribution in [0.2, 0.25) is 0 Å². The maximum absolute atomic E-state index is 3.97. The summed E-state index contributed by atoms with van der Waals surface area (Å²) in [5, 5.41) is 2.64. The molecule has 0 fully saturated rings. The lowest BCUT2D eigenvalue weighted by atomic mass is 11.0. The molecule has 1 nitrogen and oxygen atoms in total. The van der Waals surface area contributed by atoms with Gasteiger partial charge in [-0.2, -0.15) is 0 Å². The highest BCUT2D eigenvalue weighted by molar-refractivity contribution is 9.11. The summed E-state index contributed by atoms with van der Waals surface area (Å²) in [6.45, 7) is 0. The summed E-state index contributed by atoms with van der Waals surface area (Å²) in [6, 6.07) is 0. The fourth-order valence-electron chi connectivity index (χ4n) is 0.244. The van der Waals surface area contributed by atoms with Gasteiger partial charge in [0.2, 0.25) is 0 Å². The van der Waals surface area contributed by atoms with Crippen molar-refractivity contribution >= 4 is 39.9 Å². The summed E-state index contributed by atoms with van der Waals surface area (Å²) in [4.78, 5) is 3.91. The molecule has 1 aromatic heterocycles. The van der Waals surface area contributed by atoms with Gasteiger partial charge in [0.15, 0.2) is 3.92 Å². The van der Waals surface area contributed by atoms with Crippen LogP contribution >= 0.6 is 39.9 Å². The van der Waals surface area contributed by atoms with Crippen molar-refractivity contribution in [1.29, 1.82) is 0 Å². The zero-order valence-electron chi connectivity index (χ0n) is 3.26. The number of nitrogens with zero attached hydrogens (tertiary/aromatic N) is 1. The van der Waals surface area contributed by atoms with E-state index in [-0.39, 0.29) is 0 Å². The lowest BCUT2D eigenvalue weighted by Gasteiger charge is -1.68. The normalized spacial score (nSPS) is 9.43. The lowest BCUT2D eigenvalue weighted by Crippen LogP contribution is -1.56. The number of hydrogen-bond acceptors (Lipinski definition) is 3. The average molecular weight is 196 g/mol. The molecule has 0 atom stereocenters. The molecule has 4 heteroatoms. The molecule has 0 saturated heterocycles. The molecule has 0 saturated carbocycles. The molecule has 1 aromatic rings. The molecule has 1 rings (SSSR count). The van der Waals surface area contributed by atoms with E-state index in [0.717, 1.165) is 8.94 Å². The first-order valence-electron chi connectivity index (χ1n) is 1.59. The summed E-state index contributed by atoms with van der Waals surface area (Å²) in [5.41, 5.74) is 0. The molecule has 0 spiro atoms. The maximum Gasteiger partial charge on any atom is 0.160 e. The minimum atomic E-state index is 0.775. The Balaban J connectivity index is 3.04. The van der Waals surface area contributed by atoms with Gasteiger partial charge in [-0.3, -0.25) is 0 Å². The Kier molecular flexibility index (Phi) is 1.72. The number of halogens is 1. The van der Waals surface area contributed by atoms with E-state index in [0.29, 0.717) is 0 Å². The molecule has 38 valence electrons. The van der Waals surface area contributed by atoms with Gasteiger partial charge in [0.1, 0.15) is 5.03 Å². The van der Waals surface area contributed by atoms with Gasteiger partial charge < -0.3 is 0 Å². The third kappa shape index (κ3) is 1.44. The second-order valence-electron chi connectivity index (χ2n) is 0.959. The van der Waals surface area contributed by atoms with Crippen molar-refractivity contribution in [3.8, 4) is 0 Å². The van der Waals surface area contributed by atoms with E-state index < -0.39 is 0 Å². The zero-order valence-corrected chi connectivity index (χ0v) is 6.55. The van der Waals surface area contributed by atoms with E-state index >= 15 is 0 Å². The molecular weight excluding hydrogens is 194 g/mol. The fraction of sp³-hybridized carbons (Fsp3) is 0. The molecule has 1 heterocycles. The topological polar surface area (TPSA) is 12.9 Å². The van der Waals surface area contributed by atoms with Crippen LogP contribution in [0, 0.1) is 0 Å². The predicted molar refractivity (Wildman–Crippen MR) is 37.1 cm³/mol. The number of thiol groups is 1. The summed E-state index contributed by atoms with van der Waals surface area (Å²) < 4.78 is 0.887. The standard InChI is InChI=1S/C3H2BrNS2/c4-3-5-2(6)1-7-3/h1,6H. The van der Waals surface area contributed by atoms with Crippen molar-refractivity contribution < 1.29 is 0 Å². The largest absolute Gasteiger partial charge is 0.223 e. The highest BCUT2D eigenvalue weighted by atomic mass is 79.9. The maximum atomic E-state index is 3.97. The van der Waals surface area contributed by atoms with Gasteiger partial charge in [-0.05, 0) is 15.9 Å². The van der Waals surface area contributed by atoms with Crippen molar-refractivity contribution in [3.63, 3.8) is 0 Å². The van der Waals surface area contributed by atoms with Crippen LogP contribution in [0.25, 0.3) is 0 Å². The second-order valence-corrected chi connectivity index (χ2v) is 3.55. The van der Waals surface area contributed by atoms with E-state index in [9.17, 15) is 0 Å². The first-order valence-corrected chi connectivity index (χ1v) is 3.71. The Hall–Kier alpha value is 0.460. The SMILES string of the molecule is Sc1csc(Br)n1. The Morgan fingerprint density at radius 3 is 2.71 bits per heavy atom. The summed E-state index contributed by atoms with van der Waals surface area (Å²) in [6.07, 6.45) is 0. The van der Waals surface area contributed by atoms with E-state index in [1.54, 1.807) is 0 Å². The molecule has 0 unspecified atom stereocenters. The smallest absolute Gasteiger partial charge is 0.160 e. The van der Waals surface area contributed by atoms with Gasteiger partial charge in [-0.1, -0.05) is 0 Å². The van der Waals surface area contributed by atoms with Gasteiger partial charge in [0.25, 0.3) is 0 Å². The molecule has 0 aliphatic rings. The van der Waals surface area contributed by atoms with Crippen LogP contribution in [0.3, 0.4) is 0 Å². The third-order valence-electron chi connectivity index (χ3n) is 0.464. The van der Waals surface area contributed by atoms with Crippen LogP contribution in [0.5, 0.6) is 0 Å². The first-order chi connectivity index (χ1) is 3.29. The van der Waals surface area contributed by atoms with Crippen molar-refractivity contribution in [1.82, 2.24) is 4.98 Å². The van der Waals surface area contributed by atoms with Crippen LogP contribution in [0.4, 0.5) is 0 Å². The molecule has 0 radical (unpaired) electrons. The summed E-state index contributed by atoms with van der Waals surface area (Å²) >= 11 is 8.70. The Bertz CT molecular complexity index is 145.